The molecule has 0 spiro atoms. The topological polar surface area (TPSA) is 44.2 Å². The van der Waals surface area contributed by atoms with E-state index >= 15 is 0 Å². The fourth-order valence-electron chi connectivity index (χ4n) is 2.28. The summed E-state index contributed by atoms with van der Waals surface area (Å²) in [6.07, 6.45) is -1.53. The number of ether oxygens (including phenoxy) is 2. The predicted octanol–water partition coefficient (Wildman–Crippen LogP) is 4.96. The Morgan fingerprint density at radius 2 is 1.64 bits per heavy atom. The molecule has 25 heavy (non-hydrogen) atoms. The average Bonchev–Trinajstić information content (AvgIpc) is 2.62. The maximum atomic E-state index is 12.6. The van der Waals surface area contributed by atoms with Gasteiger partial charge in [-0.1, -0.05) is 18.2 Å². The number of alkyl halides is 3. The molecule has 1 aromatic heterocycles. The molecule has 0 aliphatic carbocycles. The molecule has 0 fully saturated rings. The van der Waals surface area contributed by atoms with Gasteiger partial charge in [-0.2, -0.15) is 13.2 Å². The van der Waals surface area contributed by atoms with Crippen molar-refractivity contribution in [3.8, 4) is 28.5 Å². The molecule has 0 N–H and O–H groups in total. The summed E-state index contributed by atoms with van der Waals surface area (Å²) in [7, 11) is 1.54. The molecule has 1 heterocycles. The molecule has 0 unspecified atom stereocenters. The van der Waals surface area contributed by atoms with Gasteiger partial charge in [-0.3, -0.25) is 0 Å². The highest BCUT2D eigenvalue weighted by Crippen LogP contribution is 2.37. The lowest BCUT2D eigenvalue weighted by atomic mass is 10.1. The molecule has 0 aliphatic heterocycles. The van der Waals surface area contributed by atoms with Crippen LogP contribution in [-0.4, -0.2) is 17.1 Å². The quantitative estimate of drug-likeness (QED) is 0.669. The molecular formula is C18H13F3N2O2. The monoisotopic (exact) mass is 346 g/mol. The van der Waals surface area contributed by atoms with Gasteiger partial charge >= 0.3 is 6.18 Å². The number of halogens is 3. The summed E-state index contributed by atoms with van der Waals surface area (Å²) < 4.78 is 48.9. The van der Waals surface area contributed by atoms with E-state index in [0.717, 1.165) is 12.1 Å². The molecule has 0 bridgehead atoms. The highest BCUT2D eigenvalue weighted by Gasteiger charge is 2.30. The Kier molecular flexibility index (Phi) is 4.56. The molecule has 128 valence electrons. The van der Waals surface area contributed by atoms with Gasteiger partial charge in [0, 0.05) is 11.8 Å². The van der Waals surface area contributed by atoms with Gasteiger partial charge in [-0.05, 0) is 30.3 Å². The standard InChI is InChI=1S/C18H13F3N2O2/c1-24-16-5-3-2-4-14(16)15-10-22-11-23-17(15)25-13-8-6-12(7-9-13)18(19,20)21/h2-11H,1H3. The number of hydrogen-bond acceptors (Lipinski definition) is 4. The zero-order valence-electron chi connectivity index (χ0n) is 13.1. The summed E-state index contributed by atoms with van der Waals surface area (Å²) in [5.74, 6) is 1.07. The van der Waals surface area contributed by atoms with Crippen LogP contribution < -0.4 is 9.47 Å². The number of rotatable bonds is 4. The maximum absolute atomic E-state index is 12.6. The summed E-state index contributed by atoms with van der Waals surface area (Å²) in [6, 6.07) is 11.7. The molecule has 0 saturated heterocycles. The largest absolute Gasteiger partial charge is 0.496 e. The molecule has 0 saturated carbocycles. The van der Waals surface area contributed by atoms with Crippen molar-refractivity contribution in [3.63, 3.8) is 0 Å². The van der Waals surface area contributed by atoms with Gasteiger partial charge in [0.2, 0.25) is 5.88 Å². The highest BCUT2D eigenvalue weighted by molar-refractivity contribution is 5.73. The third kappa shape index (κ3) is 3.71. The van der Waals surface area contributed by atoms with Gasteiger partial charge in [0.1, 0.15) is 17.8 Å². The third-order valence-electron chi connectivity index (χ3n) is 3.47. The van der Waals surface area contributed by atoms with Gasteiger partial charge in [0.25, 0.3) is 0 Å². The summed E-state index contributed by atoms with van der Waals surface area (Å²) in [5.41, 5.74) is 0.542. The SMILES string of the molecule is COc1ccccc1-c1cncnc1Oc1ccc(C(F)(F)F)cc1. The van der Waals surface area contributed by atoms with Crippen molar-refractivity contribution >= 4 is 0 Å². The number of aromatic nitrogens is 2. The van der Waals surface area contributed by atoms with Crippen LogP contribution in [0.1, 0.15) is 5.56 Å². The third-order valence-corrected chi connectivity index (χ3v) is 3.47. The average molecular weight is 346 g/mol. The number of para-hydroxylation sites is 1. The molecular weight excluding hydrogens is 333 g/mol. The Bertz CT molecular complexity index is 865. The fourth-order valence-corrected chi connectivity index (χ4v) is 2.28. The van der Waals surface area contributed by atoms with E-state index in [9.17, 15) is 13.2 Å². The van der Waals surface area contributed by atoms with Crippen LogP contribution in [0, 0.1) is 0 Å². The summed E-state index contributed by atoms with van der Waals surface area (Å²) >= 11 is 0. The number of hydrogen-bond donors (Lipinski definition) is 0. The lowest BCUT2D eigenvalue weighted by Gasteiger charge is -2.13. The second kappa shape index (κ2) is 6.80. The molecule has 3 aromatic rings. The van der Waals surface area contributed by atoms with Crippen molar-refractivity contribution in [2.24, 2.45) is 0 Å². The normalized spacial score (nSPS) is 11.2. The molecule has 4 nitrogen and oxygen atoms in total. The van der Waals surface area contributed by atoms with E-state index in [2.05, 4.69) is 9.97 Å². The van der Waals surface area contributed by atoms with Crippen LogP contribution >= 0.6 is 0 Å². The molecule has 3 rings (SSSR count). The summed E-state index contributed by atoms with van der Waals surface area (Å²) in [4.78, 5) is 8.08. The van der Waals surface area contributed by atoms with E-state index in [4.69, 9.17) is 9.47 Å². The Morgan fingerprint density at radius 1 is 0.920 bits per heavy atom. The van der Waals surface area contributed by atoms with E-state index in [1.54, 1.807) is 19.4 Å². The van der Waals surface area contributed by atoms with Crippen molar-refractivity contribution < 1.29 is 22.6 Å². The Hall–Kier alpha value is -3.09. The van der Waals surface area contributed by atoms with Crippen molar-refractivity contribution in [3.05, 3.63) is 66.6 Å². The van der Waals surface area contributed by atoms with Crippen molar-refractivity contribution in [2.75, 3.05) is 7.11 Å². The zero-order chi connectivity index (χ0) is 17.9. The zero-order valence-corrected chi connectivity index (χ0v) is 13.1. The number of methoxy groups -OCH3 is 1. The van der Waals surface area contributed by atoms with Crippen molar-refractivity contribution in [1.82, 2.24) is 9.97 Å². The predicted molar refractivity (Wildman–Crippen MR) is 85.5 cm³/mol. The first-order valence-electron chi connectivity index (χ1n) is 7.27. The first-order valence-corrected chi connectivity index (χ1v) is 7.27. The van der Waals surface area contributed by atoms with E-state index in [-0.39, 0.29) is 11.6 Å². The molecule has 7 heteroatoms. The maximum Gasteiger partial charge on any atom is 0.416 e. The van der Waals surface area contributed by atoms with Crippen LogP contribution in [-0.2, 0) is 6.18 Å². The van der Waals surface area contributed by atoms with E-state index in [1.165, 1.54) is 18.5 Å². The minimum Gasteiger partial charge on any atom is -0.496 e. The second-order valence-electron chi connectivity index (χ2n) is 5.07. The van der Waals surface area contributed by atoms with Crippen molar-refractivity contribution in [2.45, 2.75) is 6.18 Å². The molecule has 0 radical (unpaired) electrons. The Morgan fingerprint density at radius 3 is 2.32 bits per heavy atom. The molecule has 0 amide bonds. The summed E-state index contributed by atoms with van der Waals surface area (Å²) in [6.45, 7) is 0. The van der Waals surface area contributed by atoms with Gasteiger partial charge < -0.3 is 9.47 Å². The summed E-state index contributed by atoms with van der Waals surface area (Å²) in [5, 5.41) is 0. The number of nitrogens with zero attached hydrogens (tertiary/aromatic N) is 2. The van der Waals surface area contributed by atoms with E-state index in [1.807, 2.05) is 18.2 Å². The Balaban J connectivity index is 1.94. The minimum atomic E-state index is -4.39. The smallest absolute Gasteiger partial charge is 0.416 e. The van der Waals surface area contributed by atoms with Gasteiger partial charge in [-0.15, -0.1) is 0 Å². The van der Waals surface area contributed by atoms with E-state index < -0.39 is 11.7 Å². The minimum absolute atomic E-state index is 0.222. The number of benzene rings is 2. The van der Waals surface area contributed by atoms with Crippen molar-refractivity contribution in [1.29, 1.82) is 0 Å². The van der Waals surface area contributed by atoms with Crippen LogP contribution in [0.4, 0.5) is 13.2 Å². The lowest BCUT2D eigenvalue weighted by molar-refractivity contribution is -0.137. The van der Waals surface area contributed by atoms with Crippen LogP contribution in [0.3, 0.4) is 0 Å². The van der Waals surface area contributed by atoms with Crippen LogP contribution in [0.15, 0.2) is 61.1 Å². The van der Waals surface area contributed by atoms with Crippen LogP contribution in [0.5, 0.6) is 17.4 Å². The molecule has 2 aromatic carbocycles. The first kappa shape index (κ1) is 16.8. The van der Waals surface area contributed by atoms with E-state index in [0.29, 0.717) is 16.9 Å². The van der Waals surface area contributed by atoms with Gasteiger partial charge in [0.15, 0.2) is 0 Å². The first-order chi connectivity index (χ1) is 12.0. The molecule has 0 atom stereocenters. The lowest BCUT2D eigenvalue weighted by Crippen LogP contribution is -2.04. The van der Waals surface area contributed by atoms with Crippen LogP contribution in [0.2, 0.25) is 0 Å². The Labute approximate surface area is 141 Å². The highest BCUT2D eigenvalue weighted by atomic mass is 19.4. The van der Waals surface area contributed by atoms with Gasteiger partial charge in [0.05, 0.1) is 18.2 Å². The molecule has 0 aliphatic rings. The fraction of sp³-hybridized carbons (Fsp3) is 0.111. The second-order valence-corrected chi connectivity index (χ2v) is 5.07. The van der Waals surface area contributed by atoms with Crippen LogP contribution in [0.25, 0.3) is 11.1 Å². The van der Waals surface area contributed by atoms with Gasteiger partial charge in [-0.25, -0.2) is 9.97 Å².